The average molecular weight is 432 g/mol. The number of carbonyl (C=O) groups excluding carboxylic acids is 1. The Morgan fingerprint density at radius 3 is 2.32 bits per heavy atom. The Morgan fingerprint density at radius 2 is 1.58 bits per heavy atom. The molecule has 4 aromatic rings. The van der Waals surface area contributed by atoms with Crippen molar-refractivity contribution in [3.63, 3.8) is 0 Å². The van der Waals surface area contributed by atoms with E-state index in [0.717, 1.165) is 11.3 Å². The summed E-state index contributed by atoms with van der Waals surface area (Å²) in [5, 5.41) is 7.18. The van der Waals surface area contributed by atoms with Gasteiger partial charge in [-0.25, -0.2) is 13.1 Å². The molecule has 0 aliphatic carbocycles. The molecule has 0 saturated heterocycles. The van der Waals surface area contributed by atoms with E-state index in [9.17, 15) is 13.2 Å². The van der Waals surface area contributed by atoms with E-state index in [1.165, 1.54) is 0 Å². The SMILES string of the molecule is O=C(NCc1cnn(-c2ccccc2)c1)c1cccc(CS(=O)(=O)c2ccccc2)c1. The van der Waals surface area contributed by atoms with Crippen LogP contribution < -0.4 is 5.32 Å². The zero-order valence-electron chi connectivity index (χ0n) is 16.7. The maximum Gasteiger partial charge on any atom is 0.251 e. The van der Waals surface area contributed by atoms with Crippen molar-refractivity contribution in [2.24, 2.45) is 0 Å². The molecule has 0 aliphatic heterocycles. The van der Waals surface area contributed by atoms with Crippen molar-refractivity contribution in [2.75, 3.05) is 0 Å². The molecular weight excluding hydrogens is 410 g/mol. The van der Waals surface area contributed by atoms with Crippen LogP contribution in [0.15, 0.2) is 102 Å². The molecule has 0 bridgehead atoms. The van der Waals surface area contributed by atoms with Crippen LogP contribution in [0.5, 0.6) is 0 Å². The Labute approximate surface area is 181 Å². The first-order chi connectivity index (χ1) is 15.0. The monoisotopic (exact) mass is 431 g/mol. The molecular formula is C24H21N3O3S. The molecule has 1 heterocycles. The molecule has 4 rings (SSSR count). The second kappa shape index (κ2) is 8.97. The second-order valence-corrected chi connectivity index (χ2v) is 9.07. The van der Waals surface area contributed by atoms with Gasteiger partial charge in [-0.1, -0.05) is 48.5 Å². The fraction of sp³-hybridized carbons (Fsp3) is 0.0833. The number of nitrogens with one attached hydrogen (secondary N) is 1. The van der Waals surface area contributed by atoms with Crippen LogP contribution >= 0.6 is 0 Å². The van der Waals surface area contributed by atoms with Crippen molar-refractivity contribution in [3.05, 3.63) is 114 Å². The number of nitrogens with zero attached hydrogens (tertiary/aromatic N) is 2. The number of hydrogen-bond donors (Lipinski definition) is 1. The van der Waals surface area contributed by atoms with Gasteiger partial charge in [-0.05, 0) is 42.0 Å². The molecule has 0 saturated carbocycles. The molecule has 1 aromatic heterocycles. The Bertz CT molecular complexity index is 1280. The lowest BCUT2D eigenvalue weighted by Gasteiger charge is -2.08. The van der Waals surface area contributed by atoms with Gasteiger partial charge in [0, 0.05) is 23.9 Å². The van der Waals surface area contributed by atoms with E-state index in [1.807, 2.05) is 36.5 Å². The van der Waals surface area contributed by atoms with E-state index in [0.29, 0.717) is 17.7 Å². The highest BCUT2D eigenvalue weighted by molar-refractivity contribution is 7.90. The van der Waals surface area contributed by atoms with Crippen LogP contribution in [0.2, 0.25) is 0 Å². The maximum absolute atomic E-state index is 12.6. The fourth-order valence-electron chi connectivity index (χ4n) is 3.19. The van der Waals surface area contributed by atoms with Gasteiger partial charge in [-0.15, -0.1) is 0 Å². The van der Waals surface area contributed by atoms with Gasteiger partial charge in [-0.2, -0.15) is 5.10 Å². The van der Waals surface area contributed by atoms with Crippen LogP contribution in [-0.4, -0.2) is 24.1 Å². The van der Waals surface area contributed by atoms with Gasteiger partial charge in [0.2, 0.25) is 0 Å². The lowest BCUT2D eigenvalue weighted by atomic mass is 10.1. The van der Waals surface area contributed by atoms with Crippen molar-refractivity contribution in [1.82, 2.24) is 15.1 Å². The zero-order valence-corrected chi connectivity index (χ0v) is 17.5. The molecule has 156 valence electrons. The van der Waals surface area contributed by atoms with E-state index in [4.69, 9.17) is 0 Å². The minimum absolute atomic E-state index is 0.165. The molecule has 3 aromatic carbocycles. The standard InChI is InChI=1S/C24H21N3O3S/c28-24(25-15-20-16-26-27(17-20)22-10-3-1-4-11-22)21-9-7-8-19(14-21)18-31(29,30)23-12-5-2-6-13-23/h1-14,16-17H,15,18H2,(H,25,28). The van der Waals surface area contributed by atoms with Gasteiger partial charge >= 0.3 is 0 Å². The van der Waals surface area contributed by atoms with E-state index < -0.39 is 9.84 Å². The van der Waals surface area contributed by atoms with E-state index in [-0.39, 0.29) is 16.6 Å². The van der Waals surface area contributed by atoms with Crippen LogP contribution in [0.3, 0.4) is 0 Å². The Balaban J connectivity index is 1.41. The highest BCUT2D eigenvalue weighted by atomic mass is 32.2. The molecule has 0 aliphatic rings. The van der Waals surface area contributed by atoms with E-state index in [1.54, 1.807) is 65.5 Å². The highest BCUT2D eigenvalue weighted by Crippen LogP contribution is 2.17. The summed E-state index contributed by atoms with van der Waals surface area (Å²) in [6.07, 6.45) is 3.56. The molecule has 7 heteroatoms. The predicted octanol–water partition coefficient (Wildman–Crippen LogP) is 3.78. The third-order valence-corrected chi connectivity index (χ3v) is 6.46. The lowest BCUT2D eigenvalue weighted by Crippen LogP contribution is -2.22. The third-order valence-electron chi connectivity index (χ3n) is 4.76. The molecule has 1 N–H and O–H groups in total. The summed E-state index contributed by atoms with van der Waals surface area (Å²) < 4.78 is 27.0. The lowest BCUT2D eigenvalue weighted by molar-refractivity contribution is 0.0951. The number of carbonyl (C=O) groups is 1. The number of rotatable bonds is 7. The Morgan fingerprint density at radius 1 is 0.871 bits per heavy atom. The van der Waals surface area contributed by atoms with Gasteiger partial charge in [0.05, 0.1) is 22.5 Å². The van der Waals surface area contributed by atoms with Gasteiger partial charge in [-0.3, -0.25) is 4.79 Å². The van der Waals surface area contributed by atoms with Crippen LogP contribution in [0.1, 0.15) is 21.5 Å². The summed E-state index contributed by atoms with van der Waals surface area (Å²) in [6, 6.07) is 24.7. The van der Waals surface area contributed by atoms with E-state index in [2.05, 4.69) is 10.4 Å². The van der Waals surface area contributed by atoms with Crippen LogP contribution in [0.25, 0.3) is 5.69 Å². The molecule has 0 atom stereocenters. The normalized spacial score (nSPS) is 11.2. The van der Waals surface area contributed by atoms with E-state index >= 15 is 0 Å². The minimum Gasteiger partial charge on any atom is -0.348 e. The Hall–Kier alpha value is -3.71. The van der Waals surface area contributed by atoms with Gasteiger partial charge in [0.25, 0.3) is 5.91 Å². The largest absolute Gasteiger partial charge is 0.348 e. The van der Waals surface area contributed by atoms with Gasteiger partial charge in [0.15, 0.2) is 9.84 Å². The summed E-state index contributed by atoms with van der Waals surface area (Å²) in [7, 11) is -3.48. The summed E-state index contributed by atoms with van der Waals surface area (Å²) in [4.78, 5) is 12.9. The van der Waals surface area contributed by atoms with Crippen molar-refractivity contribution in [2.45, 2.75) is 17.2 Å². The number of aromatic nitrogens is 2. The molecule has 1 amide bonds. The smallest absolute Gasteiger partial charge is 0.251 e. The third kappa shape index (κ3) is 5.07. The number of hydrogen-bond acceptors (Lipinski definition) is 4. The summed E-state index contributed by atoms with van der Waals surface area (Å²) >= 11 is 0. The molecule has 0 radical (unpaired) electrons. The fourth-order valence-corrected chi connectivity index (χ4v) is 4.55. The first kappa shape index (κ1) is 20.6. The predicted molar refractivity (Wildman–Crippen MR) is 119 cm³/mol. The second-order valence-electron chi connectivity index (χ2n) is 7.08. The topological polar surface area (TPSA) is 81.1 Å². The molecule has 31 heavy (non-hydrogen) atoms. The quantitative estimate of drug-likeness (QED) is 0.483. The summed E-state index contributed by atoms with van der Waals surface area (Å²) in [5.74, 6) is -0.437. The molecule has 0 spiro atoms. The summed E-state index contributed by atoms with van der Waals surface area (Å²) in [6.45, 7) is 0.318. The van der Waals surface area contributed by atoms with Crippen molar-refractivity contribution >= 4 is 15.7 Å². The average Bonchev–Trinajstić information content (AvgIpc) is 3.28. The van der Waals surface area contributed by atoms with Crippen LogP contribution in [0.4, 0.5) is 0 Å². The first-order valence-corrected chi connectivity index (χ1v) is 11.4. The number of sulfone groups is 1. The molecule has 0 unspecified atom stereocenters. The zero-order chi connectivity index (χ0) is 21.7. The van der Waals surface area contributed by atoms with Crippen LogP contribution in [-0.2, 0) is 22.1 Å². The number of benzene rings is 3. The van der Waals surface area contributed by atoms with Gasteiger partial charge < -0.3 is 5.32 Å². The maximum atomic E-state index is 12.6. The van der Waals surface area contributed by atoms with Crippen LogP contribution in [0, 0.1) is 0 Å². The van der Waals surface area contributed by atoms with Crippen molar-refractivity contribution < 1.29 is 13.2 Å². The highest BCUT2D eigenvalue weighted by Gasteiger charge is 2.16. The summed E-state index contributed by atoms with van der Waals surface area (Å²) in [5.41, 5.74) is 2.78. The molecule has 6 nitrogen and oxygen atoms in total. The first-order valence-electron chi connectivity index (χ1n) is 9.75. The number of para-hydroxylation sites is 1. The molecule has 0 fully saturated rings. The Kier molecular flexibility index (Phi) is 5.95. The minimum atomic E-state index is -3.48. The number of amides is 1. The van der Waals surface area contributed by atoms with Gasteiger partial charge in [0.1, 0.15) is 0 Å². The van der Waals surface area contributed by atoms with Crippen molar-refractivity contribution in [3.8, 4) is 5.69 Å². The van der Waals surface area contributed by atoms with Crippen molar-refractivity contribution in [1.29, 1.82) is 0 Å².